The molecule has 0 radical (unpaired) electrons. The first-order valence-electron chi connectivity index (χ1n) is 4.65. The predicted octanol–water partition coefficient (Wildman–Crippen LogP) is 4.02. The molecule has 0 fully saturated rings. The largest absolute Gasteiger partial charge is 0.493 e. The highest BCUT2D eigenvalue weighted by molar-refractivity contribution is 9.10. The van der Waals surface area contributed by atoms with Gasteiger partial charge in [0.1, 0.15) is 5.75 Å². The van der Waals surface area contributed by atoms with Crippen LogP contribution < -0.4 is 4.74 Å². The van der Waals surface area contributed by atoms with Crippen LogP contribution in [0, 0.1) is 13.8 Å². The summed E-state index contributed by atoms with van der Waals surface area (Å²) in [4.78, 5) is 0. The van der Waals surface area contributed by atoms with Crippen LogP contribution in [0.4, 0.5) is 0 Å². The van der Waals surface area contributed by atoms with Crippen LogP contribution in [0.1, 0.15) is 17.5 Å². The first-order chi connectivity index (χ1) is 6.65. The molecule has 14 heavy (non-hydrogen) atoms. The molecule has 0 amide bonds. The minimum Gasteiger partial charge on any atom is -0.493 e. The van der Waals surface area contributed by atoms with Gasteiger partial charge in [-0.3, -0.25) is 0 Å². The molecule has 0 aliphatic heterocycles. The van der Waals surface area contributed by atoms with Gasteiger partial charge in [0.25, 0.3) is 0 Å². The molecule has 0 spiro atoms. The first-order valence-corrected chi connectivity index (χ1v) is 5.45. The van der Waals surface area contributed by atoms with Gasteiger partial charge in [-0.1, -0.05) is 22.0 Å². The summed E-state index contributed by atoms with van der Waals surface area (Å²) in [6.07, 6.45) is 2.75. The number of rotatable bonds is 4. The molecule has 2 heteroatoms. The van der Waals surface area contributed by atoms with Gasteiger partial charge in [0.2, 0.25) is 0 Å². The van der Waals surface area contributed by atoms with Gasteiger partial charge < -0.3 is 4.74 Å². The van der Waals surface area contributed by atoms with Crippen molar-refractivity contribution >= 4 is 15.9 Å². The molecule has 0 saturated carbocycles. The quantitative estimate of drug-likeness (QED) is 0.583. The van der Waals surface area contributed by atoms with E-state index in [9.17, 15) is 0 Å². The maximum Gasteiger partial charge on any atom is 0.125 e. The van der Waals surface area contributed by atoms with Crippen LogP contribution in [0.25, 0.3) is 0 Å². The van der Waals surface area contributed by atoms with Gasteiger partial charge in [0.05, 0.1) is 6.61 Å². The van der Waals surface area contributed by atoms with Gasteiger partial charge in [-0.05, 0) is 43.5 Å². The van der Waals surface area contributed by atoms with Crippen molar-refractivity contribution in [3.05, 3.63) is 40.4 Å². The van der Waals surface area contributed by atoms with Crippen LogP contribution >= 0.6 is 15.9 Å². The zero-order valence-corrected chi connectivity index (χ0v) is 10.2. The summed E-state index contributed by atoms with van der Waals surface area (Å²) in [5.41, 5.74) is 2.34. The van der Waals surface area contributed by atoms with Crippen molar-refractivity contribution in [3.8, 4) is 5.75 Å². The Morgan fingerprint density at radius 1 is 1.36 bits per heavy atom. The number of ether oxygens (including phenoxy) is 1. The highest BCUT2D eigenvalue weighted by Crippen LogP contribution is 2.27. The Labute approximate surface area is 93.9 Å². The summed E-state index contributed by atoms with van der Waals surface area (Å²) in [5.74, 6) is 0.995. The monoisotopic (exact) mass is 254 g/mol. The standard InChI is InChI=1S/C12H15BrO/c1-4-5-6-14-12-9(2)7-11(13)8-10(12)3/h4,7-8H,1,5-6H2,2-3H3. The molecule has 0 aliphatic carbocycles. The number of hydrogen-bond donors (Lipinski definition) is 0. The highest BCUT2D eigenvalue weighted by Gasteiger charge is 2.04. The summed E-state index contributed by atoms with van der Waals surface area (Å²) < 4.78 is 6.77. The first kappa shape index (κ1) is 11.3. The zero-order valence-electron chi connectivity index (χ0n) is 8.64. The second-order valence-electron chi connectivity index (χ2n) is 3.29. The van der Waals surface area contributed by atoms with E-state index in [0.717, 1.165) is 16.6 Å². The predicted molar refractivity (Wildman–Crippen MR) is 63.9 cm³/mol. The molecule has 0 saturated heterocycles. The number of benzene rings is 1. The minimum atomic E-state index is 0.701. The molecule has 1 aromatic rings. The molecule has 0 bridgehead atoms. The third kappa shape index (κ3) is 2.88. The van der Waals surface area contributed by atoms with Crippen molar-refractivity contribution in [1.82, 2.24) is 0 Å². The van der Waals surface area contributed by atoms with Gasteiger partial charge in [0.15, 0.2) is 0 Å². The van der Waals surface area contributed by atoms with Crippen molar-refractivity contribution in [2.24, 2.45) is 0 Å². The van der Waals surface area contributed by atoms with Crippen LogP contribution in [0.15, 0.2) is 29.3 Å². The fraction of sp³-hybridized carbons (Fsp3) is 0.333. The van der Waals surface area contributed by atoms with E-state index >= 15 is 0 Å². The molecule has 1 nitrogen and oxygen atoms in total. The Balaban J connectivity index is 2.80. The SMILES string of the molecule is C=CCCOc1c(C)cc(Br)cc1C. The van der Waals surface area contributed by atoms with E-state index < -0.39 is 0 Å². The summed E-state index contributed by atoms with van der Waals surface area (Å²) in [6.45, 7) is 8.48. The Morgan fingerprint density at radius 2 is 1.93 bits per heavy atom. The average molecular weight is 255 g/mol. The zero-order chi connectivity index (χ0) is 10.6. The molecule has 0 heterocycles. The van der Waals surface area contributed by atoms with Gasteiger partial charge >= 0.3 is 0 Å². The lowest BCUT2D eigenvalue weighted by molar-refractivity contribution is 0.320. The number of halogens is 1. The van der Waals surface area contributed by atoms with Crippen LogP contribution in [0.2, 0.25) is 0 Å². The third-order valence-electron chi connectivity index (χ3n) is 1.99. The summed E-state index contributed by atoms with van der Waals surface area (Å²) in [6, 6.07) is 4.13. The van der Waals surface area contributed by atoms with Crippen molar-refractivity contribution in [2.45, 2.75) is 20.3 Å². The lowest BCUT2D eigenvalue weighted by Gasteiger charge is -2.11. The van der Waals surface area contributed by atoms with Crippen LogP contribution in [0.3, 0.4) is 0 Å². The Morgan fingerprint density at radius 3 is 2.43 bits per heavy atom. The maximum atomic E-state index is 5.67. The topological polar surface area (TPSA) is 9.23 Å². The lowest BCUT2D eigenvalue weighted by Crippen LogP contribution is -1.99. The van der Waals surface area contributed by atoms with Crippen LogP contribution in [-0.4, -0.2) is 6.61 Å². The van der Waals surface area contributed by atoms with Crippen molar-refractivity contribution in [1.29, 1.82) is 0 Å². The van der Waals surface area contributed by atoms with E-state index in [-0.39, 0.29) is 0 Å². The second kappa shape index (κ2) is 5.20. The minimum absolute atomic E-state index is 0.701. The third-order valence-corrected chi connectivity index (χ3v) is 2.45. The smallest absolute Gasteiger partial charge is 0.125 e. The van der Waals surface area contributed by atoms with Crippen LogP contribution in [-0.2, 0) is 0 Å². The fourth-order valence-corrected chi connectivity index (χ4v) is 2.06. The molecule has 1 aromatic carbocycles. The van der Waals surface area contributed by atoms with E-state index in [0.29, 0.717) is 6.61 Å². The van der Waals surface area contributed by atoms with Crippen molar-refractivity contribution in [3.63, 3.8) is 0 Å². The van der Waals surface area contributed by atoms with Gasteiger partial charge in [-0.2, -0.15) is 0 Å². The Bertz CT molecular complexity index is 308. The number of aryl methyl sites for hydroxylation is 2. The van der Waals surface area contributed by atoms with Gasteiger partial charge in [-0.15, -0.1) is 6.58 Å². The van der Waals surface area contributed by atoms with Crippen molar-refractivity contribution < 1.29 is 4.74 Å². The van der Waals surface area contributed by atoms with Gasteiger partial charge in [-0.25, -0.2) is 0 Å². The molecular weight excluding hydrogens is 240 g/mol. The average Bonchev–Trinajstić information content (AvgIpc) is 2.09. The van der Waals surface area contributed by atoms with Crippen molar-refractivity contribution in [2.75, 3.05) is 6.61 Å². The van der Waals surface area contributed by atoms with E-state index in [1.54, 1.807) is 0 Å². The summed E-state index contributed by atoms with van der Waals surface area (Å²) >= 11 is 3.46. The molecule has 0 aromatic heterocycles. The summed E-state index contributed by atoms with van der Waals surface area (Å²) in [5, 5.41) is 0. The second-order valence-corrected chi connectivity index (χ2v) is 4.21. The molecule has 0 atom stereocenters. The molecule has 0 unspecified atom stereocenters. The molecule has 1 rings (SSSR count). The molecule has 76 valence electrons. The normalized spacial score (nSPS) is 9.93. The lowest BCUT2D eigenvalue weighted by atomic mass is 10.1. The Kier molecular flexibility index (Phi) is 4.21. The summed E-state index contributed by atoms with van der Waals surface area (Å²) in [7, 11) is 0. The maximum absolute atomic E-state index is 5.67. The highest BCUT2D eigenvalue weighted by atomic mass is 79.9. The van der Waals surface area contributed by atoms with E-state index in [1.807, 2.05) is 6.08 Å². The Hall–Kier alpha value is -0.760. The van der Waals surface area contributed by atoms with E-state index in [1.165, 1.54) is 11.1 Å². The molecule has 0 N–H and O–H groups in total. The van der Waals surface area contributed by atoms with E-state index in [4.69, 9.17) is 4.74 Å². The van der Waals surface area contributed by atoms with E-state index in [2.05, 4.69) is 48.5 Å². The fourth-order valence-electron chi connectivity index (χ4n) is 1.37. The molecular formula is C12H15BrO. The number of hydrogen-bond acceptors (Lipinski definition) is 1. The van der Waals surface area contributed by atoms with Gasteiger partial charge in [0, 0.05) is 4.47 Å². The molecule has 0 aliphatic rings. The van der Waals surface area contributed by atoms with Crippen LogP contribution in [0.5, 0.6) is 5.75 Å².